The predicted octanol–water partition coefficient (Wildman–Crippen LogP) is 3.59. The molecule has 3 N–H and O–H groups in total. The number of primary sulfonamides is 1. The van der Waals surface area contributed by atoms with Crippen LogP contribution in [0.1, 0.15) is 31.7 Å². The number of halogens is 1. The molecule has 6 nitrogen and oxygen atoms in total. The van der Waals surface area contributed by atoms with Crippen molar-refractivity contribution in [2.24, 2.45) is 11.1 Å². The van der Waals surface area contributed by atoms with Gasteiger partial charge in [-0.15, -0.1) is 11.3 Å². The Hall–Kier alpha value is -1.73. The zero-order valence-electron chi connectivity index (χ0n) is 14.9. The van der Waals surface area contributed by atoms with Crippen LogP contribution in [-0.4, -0.2) is 20.9 Å². The number of nitriles is 1. The highest BCUT2D eigenvalue weighted by atomic mass is 79.9. The van der Waals surface area contributed by atoms with E-state index in [1.54, 1.807) is 0 Å². The highest BCUT2D eigenvalue weighted by Crippen LogP contribution is 2.39. The second-order valence-corrected chi connectivity index (χ2v) is 10.2. The van der Waals surface area contributed by atoms with Gasteiger partial charge in [0.15, 0.2) is 0 Å². The number of rotatable bonds is 7. The van der Waals surface area contributed by atoms with Crippen molar-refractivity contribution in [2.75, 3.05) is 6.54 Å². The molecule has 0 saturated carbocycles. The van der Waals surface area contributed by atoms with Crippen LogP contribution in [0.3, 0.4) is 0 Å². The topological polar surface area (TPSA) is 113 Å². The van der Waals surface area contributed by atoms with Gasteiger partial charge >= 0.3 is 0 Å². The number of hydrogen-bond acceptors (Lipinski definition) is 5. The van der Waals surface area contributed by atoms with Gasteiger partial charge in [0, 0.05) is 9.35 Å². The minimum atomic E-state index is -3.78. The van der Waals surface area contributed by atoms with Crippen LogP contribution in [0.25, 0.3) is 10.4 Å². The lowest BCUT2D eigenvalue weighted by molar-refractivity contribution is -0.122. The van der Waals surface area contributed by atoms with Crippen LogP contribution in [0.4, 0.5) is 0 Å². The zero-order valence-corrected chi connectivity index (χ0v) is 18.1. The summed E-state index contributed by atoms with van der Waals surface area (Å²) in [5.74, 6) is -0.304. The second-order valence-electron chi connectivity index (χ2n) is 6.47. The fourth-order valence-corrected chi connectivity index (χ4v) is 5.48. The van der Waals surface area contributed by atoms with E-state index in [1.165, 1.54) is 6.07 Å². The lowest BCUT2D eigenvalue weighted by Gasteiger charge is -2.19. The molecule has 1 amide bonds. The number of benzene rings is 1. The minimum Gasteiger partial charge on any atom is -0.342 e. The largest absolute Gasteiger partial charge is 0.342 e. The molecule has 0 aliphatic heterocycles. The number of amides is 1. The maximum Gasteiger partial charge on any atom is 0.247 e. The van der Waals surface area contributed by atoms with Gasteiger partial charge in [0.25, 0.3) is 0 Å². The van der Waals surface area contributed by atoms with Crippen LogP contribution in [0.15, 0.2) is 39.0 Å². The molecule has 1 aromatic carbocycles. The number of sulfonamides is 1. The van der Waals surface area contributed by atoms with Gasteiger partial charge in [-0.05, 0) is 51.5 Å². The van der Waals surface area contributed by atoms with Crippen LogP contribution in [0.5, 0.6) is 0 Å². The van der Waals surface area contributed by atoms with Gasteiger partial charge in [-0.1, -0.05) is 32.0 Å². The van der Waals surface area contributed by atoms with Crippen molar-refractivity contribution in [3.8, 4) is 16.5 Å². The molecule has 0 saturated heterocycles. The van der Waals surface area contributed by atoms with E-state index < -0.39 is 15.9 Å². The molecule has 1 heterocycles. The van der Waals surface area contributed by atoms with Crippen LogP contribution in [0.2, 0.25) is 0 Å². The van der Waals surface area contributed by atoms with Gasteiger partial charge in [-0.2, -0.15) is 5.26 Å². The number of nitrogens with zero attached hydrogens (tertiary/aromatic N) is 1. The standard InChI is InChI=1S/C18H20BrN3O3S2/c1-11(2)8-14(18(23)22-7-6-20)12-4-3-5-13(9-12)17-15(19)10-16(26-17)27(21,24)25/h3-5,9-11,14H,7-8H2,1-2H3,(H,22,23)(H2,21,24,25). The normalized spacial score (nSPS) is 12.6. The molecular formula is C18H20BrN3O3S2. The average Bonchev–Trinajstić information content (AvgIpc) is 2.99. The van der Waals surface area contributed by atoms with E-state index in [0.717, 1.165) is 27.3 Å². The summed E-state index contributed by atoms with van der Waals surface area (Å²) in [5, 5.41) is 16.6. The molecular weight excluding hydrogens is 450 g/mol. The van der Waals surface area contributed by atoms with Crippen molar-refractivity contribution in [2.45, 2.75) is 30.4 Å². The summed E-state index contributed by atoms with van der Waals surface area (Å²) in [4.78, 5) is 13.2. The van der Waals surface area contributed by atoms with Gasteiger partial charge < -0.3 is 5.32 Å². The number of nitrogens with two attached hydrogens (primary N) is 1. The Labute approximate surface area is 171 Å². The van der Waals surface area contributed by atoms with Crippen LogP contribution in [0, 0.1) is 17.2 Å². The summed E-state index contributed by atoms with van der Waals surface area (Å²) >= 11 is 4.46. The number of carbonyl (C=O) groups is 1. The van der Waals surface area contributed by atoms with Gasteiger partial charge in [-0.3, -0.25) is 4.79 Å². The number of thiophene rings is 1. The summed E-state index contributed by atoms with van der Waals surface area (Å²) in [7, 11) is -3.78. The van der Waals surface area contributed by atoms with Crippen LogP contribution >= 0.6 is 27.3 Å². The van der Waals surface area contributed by atoms with Gasteiger partial charge in [0.05, 0.1) is 12.0 Å². The summed E-state index contributed by atoms with van der Waals surface area (Å²) in [5.41, 5.74) is 1.61. The molecule has 0 radical (unpaired) electrons. The van der Waals surface area contributed by atoms with E-state index in [-0.39, 0.29) is 22.6 Å². The van der Waals surface area contributed by atoms with Gasteiger partial charge in [-0.25, -0.2) is 13.6 Å². The Balaban J connectivity index is 2.44. The summed E-state index contributed by atoms with van der Waals surface area (Å²) in [6, 6.07) is 10.8. The summed E-state index contributed by atoms with van der Waals surface area (Å²) in [6.07, 6.45) is 0.634. The Morgan fingerprint density at radius 2 is 2.07 bits per heavy atom. The maximum atomic E-state index is 12.5. The molecule has 144 valence electrons. The van der Waals surface area contributed by atoms with E-state index in [2.05, 4.69) is 21.2 Å². The predicted molar refractivity (Wildman–Crippen MR) is 110 cm³/mol. The third kappa shape index (κ3) is 5.62. The quantitative estimate of drug-likeness (QED) is 0.602. The third-order valence-electron chi connectivity index (χ3n) is 3.86. The molecule has 0 fully saturated rings. The van der Waals surface area contributed by atoms with Crippen LogP contribution < -0.4 is 10.5 Å². The van der Waals surface area contributed by atoms with Gasteiger partial charge in [0.1, 0.15) is 10.8 Å². The summed E-state index contributed by atoms with van der Waals surface area (Å²) in [6.45, 7) is 4.02. The fourth-order valence-electron chi connectivity index (χ4n) is 2.70. The van der Waals surface area contributed by atoms with E-state index in [0.29, 0.717) is 10.9 Å². The van der Waals surface area contributed by atoms with E-state index in [9.17, 15) is 13.2 Å². The molecule has 1 unspecified atom stereocenters. The molecule has 1 atom stereocenters. The first-order valence-electron chi connectivity index (χ1n) is 8.20. The minimum absolute atomic E-state index is 0.0404. The highest BCUT2D eigenvalue weighted by Gasteiger charge is 2.23. The van der Waals surface area contributed by atoms with Crippen molar-refractivity contribution >= 4 is 43.2 Å². The third-order valence-corrected chi connectivity index (χ3v) is 7.35. The maximum absolute atomic E-state index is 12.5. The lowest BCUT2D eigenvalue weighted by atomic mass is 9.88. The number of hydrogen-bond donors (Lipinski definition) is 2. The van der Waals surface area contributed by atoms with Crippen molar-refractivity contribution in [3.05, 3.63) is 40.4 Å². The first kappa shape index (κ1) is 21.6. The molecule has 2 rings (SSSR count). The molecule has 9 heteroatoms. The summed E-state index contributed by atoms with van der Waals surface area (Å²) < 4.78 is 23.9. The molecule has 0 bridgehead atoms. The van der Waals surface area contributed by atoms with E-state index >= 15 is 0 Å². The molecule has 0 aliphatic rings. The monoisotopic (exact) mass is 469 g/mol. The molecule has 27 heavy (non-hydrogen) atoms. The molecule has 2 aromatic rings. The molecule has 1 aromatic heterocycles. The van der Waals surface area contributed by atoms with Crippen LogP contribution in [-0.2, 0) is 14.8 Å². The Kier molecular flexibility index (Phi) is 7.17. The molecule has 0 spiro atoms. The van der Waals surface area contributed by atoms with Crippen molar-refractivity contribution < 1.29 is 13.2 Å². The smallest absolute Gasteiger partial charge is 0.247 e. The lowest BCUT2D eigenvalue weighted by Crippen LogP contribution is -2.30. The van der Waals surface area contributed by atoms with Gasteiger partial charge in [0.2, 0.25) is 15.9 Å². The second kappa shape index (κ2) is 8.97. The SMILES string of the molecule is CC(C)CC(C(=O)NCC#N)c1cccc(-c2sc(S(N)(=O)=O)cc2Br)c1. The zero-order chi connectivity index (χ0) is 20.2. The van der Waals surface area contributed by atoms with Crippen molar-refractivity contribution in [3.63, 3.8) is 0 Å². The van der Waals surface area contributed by atoms with E-state index in [4.69, 9.17) is 10.4 Å². The first-order chi connectivity index (χ1) is 12.6. The average molecular weight is 470 g/mol. The highest BCUT2D eigenvalue weighted by molar-refractivity contribution is 9.10. The van der Waals surface area contributed by atoms with Crippen molar-refractivity contribution in [1.82, 2.24) is 5.32 Å². The Bertz CT molecular complexity index is 978. The first-order valence-corrected chi connectivity index (χ1v) is 11.4. The molecule has 0 aliphatic carbocycles. The fraction of sp³-hybridized carbons (Fsp3) is 0.333. The Morgan fingerprint density at radius 1 is 1.37 bits per heavy atom. The number of nitrogens with one attached hydrogen (secondary N) is 1. The number of carbonyl (C=O) groups excluding carboxylic acids is 1. The van der Waals surface area contributed by atoms with Crippen molar-refractivity contribution in [1.29, 1.82) is 5.26 Å². The van der Waals surface area contributed by atoms with E-state index in [1.807, 2.05) is 44.2 Å². The Morgan fingerprint density at radius 3 is 2.63 bits per heavy atom.